The number of nitrogens with zero attached hydrogens (tertiary/aromatic N) is 1. The van der Waals surface area contributed by atoms with Crippen LogP contribution in [0.1, 0.15) is 12.8 Å². The maximum atomic E-state index is 12.8. The van der Waals surface area contributed by atoms with Gasteiger partial charge in [0.1, 0.15) is 5.82 Å². The van der Waals surface area contributed by atoms with Gasteiger partial charge in [-0.25, -0.2) is 9.18 Å². The van der Waals surface area contributed by atoms with Crippen molar-refractivity contribution in [1.29, 1.82) is 0 Å². The largest absolute Gasteiger partial charge is 0.478 e. The van der Waals surface area contributed by atoms with Gasteiger partial charge in [-0.2, -0.15) is 0 Å². The van der Waals surface area contributed by atoms with Crippen LogP contribution in [-0.2, 0) is 4.79 Å². The molecule has 4 heteroatoms. The second-order valence-electron chi connectivity index (χ2n) is 4.10. The Morgan fingerprint density at radius 1 is 1.24 bits per heavy atom. The van der Waals surface area contributed by atoms with Gasteiger partial charge in [-0.1, -0.05) is 5.57 Å². The fourth-order valence-corrected chi connectivity index (χ4v) is 2.02. The predicted octanol–water partition coefficient (Wildman–Crippen LogP) is 2.44. The summed E-state index contributed by atoms with van der Waals surface area (Å²) >= 11 is 0. The number of hydrogen-bond donors (Lipinski definition) is 1. The summed E-state index contributed by atoms with van der Waals surface area (Å²) in [5.41, 5.74) is 1.96. The lowest BCUT2D eigenvalue weighted by Crippen LogP contribution is -2.30. The van der Waals surface area contributed by atoms with Crippen LogP contribution >= 0.6 is 0 Å². The number of hydrogen-bond acceptors (Lipinski definition) is 2. The van der Waals surface area contributed by atoms with Crippen LogP contribution in [0.4, 0.5) is 10.1 Å². The van der Waals surface area contributed by atoms with Crippen molar-refractivity contribution in [1.82, 2.24) is 0 Å². The number of halogens is 1. The average Bonchev–Trinajstić information content (AvgIpc) is 2.30. The topological polar surface area (TPSA) is 40.5 Å². The zero-order chi connectivity index (χ0) is 12.3. The zero-order valence-corrected chi connectivity index (χ0v) is 9.40. The number of piperidine rings is 1. The Morgan fingerprint density at radius 3 is 2.35 bits per heavy atom. The molecule has 90 valence electrons. The highest BCUT2D eigenvalue weighted by Crippen LogP contribution is 2.22. The third kappa shape index (κ3) is 3.06. The molecule has 1 heterocycles. The molecule has 0 amide bonds. The van der Waals surface area contributed by atoms with Crippen molar-refractivity contribution in [3.05, 3.63) is 41.7 Å². The predicted molar refractivity (Wildman–Crippen MR) is 63.6 cm³/mol. The first-order chi connectivity index (χ1) is 8.15. The Kier molecular flexibility index (Phi) is 3.42. The highest BCUT2D eigenvalue weighted by atomic mass is 19.1. The summed E-state index contributed by atoms with van der Waals surface area (Å²) in [5.74, 6) is -1.12. The molecule has 0 bridgehead atoms. The lowest BCUT2D eigenvalue weighted by Gasteiger charge is -2.30. The van der Waals surface area contributed by atoms with Crippen molar-refractivity contribution >= 4 is 11.7 Å². The average molecular weight is 235 g/mol. The van der Waals surface area contributed by atoms with Crippen LogP contribution < -0.4 is 4.90 Å². The molecule has 0 atom stereocenters. The molecule has 0 aromatic heterocycles. The van der Waals surface area contributed by atoms with Crippen LogP contribution in [0, 0.1) is 5.82 Å². The highest BCUT2D eigenvalue weighted by molar-refractivity contribution is 5.80. The van der Waals surface area contributed by atoms with Crippen molar-refractivity contribution < 1.29 is 14.3 Å². The van der Waals surface area contributed by atoms with E-state index in [0.717, 1.165) is 37.2 Å². The molecule has 0 aliphatic carbocycles. The van der Waals surface area contributed by atoms with E-state index in [4.69, 9.17) is 5.11 Å². The van der Waals surface area contributed by atoms with E-state index in [1.807, 2.05) is 0 Å². The SMILES string of the molecule is O=C(O)C=C1CCN(c2ccc(F)cc2)CC1. The summed E-state index contributed by atoms with van der Waals surface area (Å²) in [7, 11) is 0. The van der Waals surface area contributed by atoms with E-state index in [2.05, 4.69) is 4.90 Å². The third-order valence-electron chi connectivity index (χ3n) is 2.93. The Balaban J connectivity index is 1.99. The van der Waals surface area contributed by atoms with Crippen LogP contribution in [0.5, 0.6) is 0 Å². The Hall–Kier alpha value is -1.84. The molecule has 3 nitrogen and oxygen atoms in total. The third-order valence-corrected chi connectivity index (χ3v) is 2.93. The maximum Gasteiger partial charge on any atom is 0.328 e. The first kappa shape index (κ1) is 11.6. The van der Waals surface area contributed by atoms with E-state index in [-0.39, 0.29) is 5.82 Å². The second kappa shape index (κ2) is 4.99. The Labute approximate surface area is 99.2 Å². The molecule has 1 aliphatic rings. The van der Waals surface area contributed by atoms with Gasteiger partial charge in [-0.3, -0.25) is 0 Å². The van der Waals surface area contributed by atoms with Gasteiger partial charge in [0.15, 0.2) is 0 Å². The van der Waals surface area contributed by atoms with Crippen LogP contribution in [0.15, 0.2) is 35.9 Å². The fraction of sp³-hybridized carbons (Fsp3) is 0.308. The highest BCUT2D eigenvalue weighted by Gasteiger charge is 2.14. The number of carbonyl (C=O) groups is 1. The lowest BCUT2D eigenvalue weighted by atomic mass is 10.0. The van der Waals surface area contributed by atoms with Crippen molar-refractivity contribution in [2.24, 2.45) is 0 Å². The molecule has 0 spiro atoms. The second-order valence-corrected chi connectivity index (χ2v) is 4.10. The lowest BCUT2D eigenvalue weighted by molar-refractivity contribution is -0.131. The number of benzene rings is 1. The summed E-state index contributed by atoms with van der Waals surface area (Å²) in [5, 5.41) is 8.65. The van der Waals surface area contributed by atoms with E-state index >= 15 is 0 Å². The molecule has 1 N–H and O–H groups in total. The monoisotopic (exact) mass is 235 g/mol. The number of carboxylic acid groups (broad SMARTS) is 1. The van der Waals surface area contributed by atoms with Gasteiger partial charge in [0.2, 0.25) is 0 Å². The van der Waals surface area contributed by atoms with Gasteiger partial charge in [-0.05, 0) is 37.1 Å². The summed E-state index contributed by atoms with van der Waals surface area (Å²) in [4.78, 5) is 12.7. The molecular formula is C13H14FNO2. The van der Waals surface area contributed by atoms with E-state index in [1.54, 1.807) is 12.1 Å². The standard InChI is InChI=1S/C13H14FNO2/c14-11-1-3-12(4-2-11)15-7-5-10(6-8-15)9-13(16)17/h1-4,9H,5-8H2,(H,16,17). The van der Waals surface area contributed by atoms with E-state index in [1.165, 1.54) is 18.2 Å². The molecule has 17 heavy (non-hydrogen) atoms. The summed E-state index contributed by atoms with van der Waals surface area (Å²) in [6.45, 7) is 1.56. The zero-order valence-electron chi connectivity index (χ0n) is 9.40. The van der Waals surface area contributed by atoms with Crippen molar-refractivity contribution in [3.63, 3.8) is 0 Å². The van der Waals surface area contributed by atoms with Crippen LogP contribution in [0.25, 0.3) is 0 Å². The van der Waals surface area contributed by atoms with E-state index < -0.39 is 5.97 Å². The van der Waals surface area contributed by atoms with E-state index in [9.17, 15) is 9.18 Å². The molecule has 1 aliphatic heterocycles. The molecule has 1 aromatic carbocycles. The summed E-state index contributed by atoms with van der Waals surface area (Å²) in [6.07, 6.45) is 2.80. The molecule has 0 saturated carbocycles. The number of anilines is 1. The van der Waals surface area contributed by atoms with Gasteiger partial charge in [0.05, 0.1) is 0 Å². The molecule has 2 rings (SSSR count). The molecule has 0 radical (unpaired) electrons. The molecule has 1 aromatic rings. The summed E-state index contributed by atoms with van der Waals surface area (Å²) < 4.78 is 12.8. The Bertz CT molecular complexity index is 429. The van der Waals surface area contributed by atoms with Crippen molar-refractivity contribution in [2.45, 2.75) is 12.8 Å². The minimum Gasteiger partial charge on any atom is -0.478 e. The number of aliphatic carboxylic acids is 1. The maximum absolute atomic E-state index is 12.8. The fourth-order valence-electron chi connectivity index (χ4n) is 2.02. The van der Waals surface area contributed by atoms with Gasteiger partial charge < -0.3 is 10.0 Å². The minimum atomic E-state index is -0.879. The first-order valence-corrected chi connectivity index (χ1v) is 5.58. The van der Waals surface area contributed by atoms with Gasteiger partial charge in [0.25, 0.3) is 0 Å². The molecule has 1 saturated heterocycles. The molecule has 0 unspecified atom stereocenters. The van der Waals surface area contributed by atoms with Crippen LogP contribution in [0.3, 0.4) is 0 Å². The molecular weight excluding hydrogens is 221 g/mol. The van der Waals surface area contributed by atoms with Crippen LogP contribution in [0.2, 0.25) is 0 Å². The summed E-state index contributed by atoms with van der Waals surface area (Å²) in [6, 6.07) is 6.39. The van der Waals surface area contributed by atoms with Crippen LogP contribution in [-0.4, -0.2) is 24.2 Å². The number of carboxylic acids is 1. The number of rotatable bonds is 2. The smallest absolute Gasteiger partial charge is 0.328 e. The van der Waals surface area contributed by atoms with Gasteiger partial charge in [0, 0.05) is 24.9 Å². The minimum absolute atomic E-state index is 0.239. The Morgan fingerprint density at radius 2 is 1.82 bits per heavy atom. The van der Waals surface area contributed by atoms with E-state index in [0.29, 0.717) is 0 Å². The van der Waals surface area contributed by atoms with Crippen molar-refractivity contribution in [3.8, 4) is 0 Å². The molecule has 1 fully saturated rings. The van der Waals surface area contributed by atoms with Gasteiger partial charge in [-0.15, -0.1) is 0 Å². The normalized spacial score (nSPS) is 15.8. The first-order valence-electron chi connectivity index (χ1n) is 5.58. The quantitative estimate of drug-likeness (QED) is 0.800. The van der Waals surface area contributed by atoms with Gasteiger partial charge >= 0.3 is 5.97 Å². The van der Waals surface area contributed by atoms with Crippen molar-refractivity contribution in [2.75, 3.05) is 18.0 Å².